The molecule has 5 nitrogen and oxygen atoms in total. The third kappa shape index (κ3) is 2.90. The van der Waals surface area contributed by atoms with E-state index in [1.54, 1.807) is 10.9 Å². The van der Waals surface area contributed by atoms with Gasteiger partial charge in [0.05, 0.1) is 17.6 Å². The van der Waals surface area contributed by atoms with E-state index in [2.05, 4.69) is 5.10 Å². The Hall–Kier alpha value is -2.35. The van der Waals surface area contributed by atoms with E-state index in [-0.39, 0.29) is 19.0 Å². The van der Waals surface area contributed by atoms with Crippen molar-refractivity contribution in [3.63, 3.8) is 0 Å². The maximum Gasteiger partial charge on any atom is 0.426 e. The van der Waals surface area contributed by atoms with Gasteiger partial charge in [-0.1, -0.05) is 25.1 Å². The molecule has 1 N–H and O–H groups in total. The number of carbonyl (C=O) groups excluding carboxylic acids is 1. The molecule has 134 valence electrons. The van der Waals surface area contributed by atoms with Crippen LogP contribution in [0.1, 0.15) is 31.0 Å². The van der Waals surface area contributed by atoms with Gasteiger partial charge in [0.2, 0.25) is 5.60 Å². The molecule has 2 aromatic rings. The van der Waals surface area contributed by atoms with E-state index >= 15 is 0 Å². The Morgan fingerprint density at radius 3 is 2.52 bits per heavy atom. The van der Waals surface area contributed by atoms with Gasteiger partial charge in [0, 0.05) is 24.6 Å². The number of aliphatic hydroxyl groups is 1. The van der Waals surface area contributed by atoms with Crippen LogP contribution in [-0.4, -0.2) is 44.0 Å². The molecule has 0 unspecified atom stereocenters. The molecule has 2 heterocycles. The topological polar surface area (TPSA) is 58.4 Å². The van der Waals surface area contributed by atoms with Crippen molar-refractivity contribution in [3.8, 4) is 5.69 Å². The lowest BCUT2D eigenvalue weighted by atomic mass is 9.95. The van der Waals surface area contributed by atoms with Crippen LogP contribution in [0.3, 0.4) is 0 Å². The molecular weight excluding hydrogens is 335 g/mol. The minimum absolute atomic E-state index is 0.0163. The monoisotopic (exact) mass is 353 g/mol. The van der Waals surface area contributed by atoms with Crippen LogP contribution in [0.15, 0.2) is 36.5 Å². The summed E-state index contributed by atoms with van der Waals surface area (Å²) in [6.07, 6.45) is -3.47. The highest BCUT2D eigenvalue weighted by molar-refractivity contribution is 5.85. The zero-order valence-corrected chi connectivity index (χ0v) is 13.8. The van der Waals surface area contributed by atoms with Gasteiger partial charge in [0.15, 0.2) is 0 Å². The van der Waals surface area contributed by atoms with E-state index < -0.39 is 17.7 Å². The number of hydrogen-bond acceptors (Lipinski definition) is 3. The molecular formula is C17H18F3N3O2. The van der Waals surface area contributed by atoms with Crippen molar-refractivity contribution in [2.45, 2.75) is 38.1 Å². The molecule has 0 saturated heterocycles. The van der Waals surface area contributed by atoms with Gasteiger partial charge < -0.3 is 10.0 Å². The summed E-state index contributed by atoms with van der Waals surface area (Å²) in [5.41, 5.74) is -1.02. The lowest BCUT2D eigenvalue weighted by molar-refractivity contribution is -0.250. The van der Waals surface area contributed by atoms with Crippen LogP contribution < -0.4 is 0 Å². The van der Waals surface area contributed by atoms with Crippen LogP contribution in [0, 0.1) is 0 Å². The number of fused-ring (bicyclic) bond motifs is 1. The van der Waals surface area contributed by atoms with Gasteiger partial charge in [0.1, 0.15) is 0 Å². The van der Waals surface area contributed by atoms with Gasteiger partial charge in [-0.2, -0.15) is 18.3 Å². The predicted octanol–water partition coefficient (Wildman–Crippen LogP) is 2.63. The van der Waals surface area contributed by atoms with Crippen molar-refractivity contribution in [1.82, 2.24) is 14.7 Å². The molecule has 0 radical (unpaired) electrons. The van der Waals surface area contributed by atoms with Crippen LogP contribution in [0.4, 0.5) is 13.2 Å². The molecule has 0 bridgehead atoms. The summed E-state index contributed by atoms with van der Waals surface area (Å²) >= 11 is 0. The predicted molar refractivity (Wildman–Crippen MR) is 84.1 cm³/mol. The Morgan fingerprint density at radius 2 is 1.92 bits per heavy atom. The maximum atomic E-state index is 12.9. The lowest BCUT2D eigenvalue weighted by Crippen LogP contribution is -2.57. The number of benzene rings is 1. The average molecular weight is 353 g/mol. The van der Waals surface area contributed by atoms with Gasteiger partial charge >= 0.3 is 6.18 Å². The van der Waals surface area contributed by atoms with Gasteiger partial charge in [-0.3, -0.25) is 4.79 Å². The van der Waals surface area contributed by atoms with E-state index in [0.29, 0.717) is 12.5 Å². The molecule has 1 aliphatic rings. The van der Waals surface area contributed by atoms with Crippen LogP contribution >= 0.6 is 0 Å². The molecule has 1 aromatic carbocycles. The maximum absolute atomic E-state index is 12.9. The quantitative estimate of drug-likeness (QED) is 0.903. The van der Waals surface area contributed by atoms with E-state index in [0.717, 1.165) is 16.3 Å². The van der Waals surface area contributed by atoms with Crippen LogP contribution in [0.5, 0.6) is 0 Å². The molecule has 8 heteroatoms. The average Bonchev–Trinajstić information content (AvgIpc) is 2.98. The van der Waals surface area contributed by atoms with E-state index in [9.17, 15) is 23.1 Å². The largest absolute Gasteiger partial charge is 0.426 e. The zero-order chi connectivity index (χ0) is 18.4. The summed E-state index contributed by atoms with van der Waals surface area (Å²) in [5.74, 6) is -1.57. The molecule has 0 saturated carbocycles. The summed E-state index contributed by atoms with van der Waals surface area (Å²) < 4.78 is 40.6. The van der Waals surface area contributed by atoms with Crippen LogP contribution in [0.25, 0.3) is 5.69 Å². The van der Waals surface area contributed by atoms with Gasteiger partial charge in [-0.25, -0.2) is 4.68 Å². The molecule has 0 spiro atoms. The molecule has 2 atom stereocenters. The summed E-state index contributed by atoms with van der Waals surface area (Å²) in [4.78, 5) is 13.3. The SMILES string of the molecule is C[C@H]1CN(C(=O)[C@@](C)(O)C(F)(F)F)Cc2cnn(-c3ccccc3)c21. The molecule has 1 aliphatic heterocycles. The van der Waals surface area contributed by atoms with Crippen LogP contribution in [-0.2, 0) is 11.3 Å². The highest BCUT2D eigenvalue weighted by atomic mass is 19.4. The minimum atomic E-state index is -5.03. The van der Waals surface area contributed by atoms with E-state index in [4.69, 9.17) is 0 Å². The molecule has 25 heavy (non-hydrogen) atoms. The smallest absolute Gasteiger partial charge is 0.373 e. The Bertz CT molecular complexity index is 784. The number of amides is 1. The lowest BCUT2D eigenvalue weighted by Gasteiger charge is -2.36. The number of para-hydroxylation sites is 1. The molecule has 1 amide bonds. The summed E-state index contributed by atoms with van der Waals surface area (Å²) in [5, 5.41) is 14.0. The highest BCUT2D eigenvalue weighted by Crippen LogP contribution is 2.35. The first kappa shape index (κ1) is 17.5. The van der Waals surface area contributed by atoms with Crippen LogP contribution in [0.2, 0.25) is 0 Å². The van der Waals surface area contributed by atoms with Gasteiger partial charge in [-0.05, 0) is 19.1 Å². The van der Waals surface area contributed by atoms with Crippen molar-refractivity contribution < 1.29 is 23.1 Å². The van der Waals surface area contributed by atoms with Crippen molar-refractivity contribution >= 4 is 5.91 Å². The molecule has 0 fully saturated rings. The van der Waals surface area contributed by atoms with E-state index in [1.165, 1.54) is 0 Å². The van der Waals surface area contributed by atoms with Gasteiger partial charge in [0.25, 0.3) is 5.91 Å². The molecule has 1 aromatic heterocycles. The Kier molecular flexibility index (Phi) is 4.10. The Labute approximate surface area is 142 Å². The normalized spacial score (nSPS) is 20.1. The van der Waals surface area contributed by atoms with Crippen molar-refractivity contribution in [2.75, 3.05) is 6.54 Å². The highest BCUT2D eigenvalue weighted by Gasteiger charge is 2.57. The van der Waals surface area contributed by atoms with Crippen molar-refractivity contribution in [2.24, 2.45) is 0 Å². The first-order valence-electron chi connectivity index (χ1n) is 7.83. The summed E-state index contributed by atoms with van der Waals surface area (Å²) in [7, 11) is 0. The van der Waals surface area contributed by atoms with Crippen molar-refractivity contribution in [1.29, 1.82) is 0 Å². The minimum Gasteiger partial charge on any atom is -0.373 e. The number of alkyl halides is 3. The first-order valence-corrected chi connectivity index (χ1v) is 7.83. The molecule has 0 aliphatic carbocycles. The number of rotatable bonds is 2. The summed E-state index contributed by atoms with van der Waals surface area (Å²) in [6, 6.07) is 9.38. The third-order valence-corrected chi connectivity index (χ3v) is 4.46. The van der Waals surface area contributed by atoms with Crippen molar-refractivity contribution in [3.05, 3.63) is 47.8 Å². The number of aromatic nitrogens is 2. The fourth-order valence-electron chi connectivity index (χ4n) is 3.08. The number of halogens is 3. The Morgan fingerprint density at radius 1 is 1.28 bits per heavy atom. The fourth-order valence-corrected chi connectivity index (χ4v) is 3.08. The molecule has 3 rings (SSSR count). The second-order valence-corrected chi connectivity index (χ2v) is 6.46. The standard InChI is InChI=1S/C17H18F3N3O2/c1-11-9-22(15(24)16(2,25)17(18,19)20)10-12-8-21-23(14(11)12)13-6-4-3-5-7-13/h3-8,11,25H,9-10H2,1-2H3/t11-,16+/m0/s1. The fraction of sp³-hybridized carbons (Fsp3) is 0.412. The van der Waals surface area contributed by atoms with E-state index in [1.807, 2.05) is 37.3 Å². The zero-order valence-electron chi connectivity index (χ0n) is 13.8. The Balaban J connectivity index is 1.91. The third-order valence-electron chi connectivity index (χ3n) is 4.46. The number of carbonyl (C=O) groups is 1. The number of nitrogens with zero attached hydrogens (tertiary/aromatic N) is 3. The summed E-state index contributed by atoms with van der Waals surface area (Å²) in [6.45, 7) is 2.37. The second kappa shape index (κ2) is 5.87. The number of hydrogen-bond donors (Lipinski definition) is 1. The van der Waals surface area contributed by atoms with Gasteiger partial charge in [-0.15, -0.1) is 0 Å². The first-order chi connectivity index (χ1) is 11.6. The second-order valence-electron chi connectivity index (χ2n) is 6.46.